The van der Waals surface area contributed by atoms with Crippen molar-refractivity contribution in [2.75, 3.05) is 11.9 Å². The summed E-state index contributed by atoms with van der Waals surface area (Å²) in [7, 11) is 0. The lowest BCUT2D eigenvalue weighted by atomic mass is 10.2. The van der Waals surface area contributed by atoms with Crippen LogP contribution in [0.2, 0.25) is 0 Å². The number of anilines is 1. The van der Waals surface area contributed by atoms with Crippen molar-refractivity contribution in [3.8, 4) is 6.07 Å². The third-order valence-corrected chi connectivity index (χ3v) is 2.03. The first kappa shape index (κ1) is 11.3. The van der Waals surface area contributed by atoms with Crippen LogP contribution >= 0.6 is 0 Å². The summed E-state index contributed by atoms with van der Waals surface area (Å²) in [5.74, 6) is -0.480. The monoisotopic (exact) mass is 204 g/mol. The maximum Gasteiger partial charge on any atom is 0.143 e. The number of hydrogen-bond donors (Lipinski definition) is 1. The number of rotatable bonds is 5. The average molecular weight is 204 g/mol. The molecule has 0 bridgehead atoms. The molecule has 1 rings (SSSR count). The van der Waals surface area contributed by atoms with Gasteiger partial charge >= 0.3 is 0 Å². The van der Waals surface area contributed by atoms with Crippen molar-refractivity contribution >= 4 is 5.69 Å². The van der Waals surface area contributed by atoms with Gasteiger partial charge in [-0.15, -0.1) is 6.58 Å². The van der Waals surface area contributed by atoms with Crippen molar-refractivity contribution in [1.82, 2.24) is 0 Å². The fraction of sp³-hybridized carbons (Fsp3) is 0.250. The maximum absolute atomic E-state index is 13.1. The molecule has 0 aromatic heterocycles. The summed E-state index contributed by atoms with van der Waals surface area (Å²) in [6.07, 6.45) is 3.66. The number of unbranched alkanes of at least 4 members (excludes halogenated alkanes) is 1. The Bertz CT molecular complexity index is 380. The van der Waals surface area contributed by atoms with Gasteiger partial charge in [0.25, 0.3) is 0 Å². The Morgan fingerprint density at radius 3 is 3.00 bits per heavy atom. The molecular formula is C12H13FN2. The van der Waals surface area contributed by atoms with Gasteiger partial charge in [0.05, 0.1) is 5.69 Å². The molecule has 0 aliphatic heterocycles. The van der Waals surface area contributed by atoms with Gasteiger partial charge in [0.1, 0.15) is 17.4 Å². The quantitative estimate of drug-likeness (QED) is 0.591. The van der Waals surface area contributed by atoms with Gasteiger partial charge in [-0.25, -0.2) is 4.39 Å². The van der Waals surface area contributed by atoms with E-state index >= 15 is 0 Å². The standard InChI is InChI=1S/C12H13FN2/c1-2-3-4-8-15-12-7-5-6-11(13)10(12)9-14/h2,5-7,15H,1,3-4,8H2. The number of nitrogens with zero attached hydrogens (tertiary/aromatic N) is 1. The summed E-state index contributed by atoms with van der Waals surface area (Å²) in [5, 5.41) is 11.8. The van der Waals surface area contributed by atoms with Crippen molar-refractivity contribution in [2.24, 2.45) is 0 Å². The van der Waals surface area contributed by atoms with E-state index < -0.39 is 5.82 Å². The van der Waals surface area contributed by atoms with E-state index in [9.17, 15) is 4.39 Å². The van der Waals surface area contributed by atoms with Gasteiger partial charge in [-0.1, -0.05) is 12.1 Å². The van der Waals surface area contributed by atoms with Crippen LogP contribution < -0.4 is 5.32 Å². The maximum atomic E-state index is 13.1. The van der Waals surface area contributed by atoms with Gasteiger partial charge < -0.3 is 5.32 Å². The molecule has 78 valence electrons. The molecular weight excluding hydrogens is 191 g/mol. The molecule has 1 aromatic carbocycles. The van der Waals surface area contributed by atoms with E-state index in [0.29, 0.717) is 12.2 Å². The summed E-state index contributed by atoms with van der Waals surface area (Å²) in [4.78, 5) is 0. The molecule has 0 radical (unpaired) electrons. The molecule has 0 saturated heterocycles. The van der Waals surface area contributed by atoms with E-state index in [-0.39, 0.29) is 5.56 Å². The highest BCUT2D eigenvalue weighted by atomic mass is 19.1. The van der Waals surface area contributed by atoms with Gasteiger partial charge in [-0.3, -0.25) is 0 Å². The van der Waals surface area contributed by atoms with Crippen LogP contribution in [0.4, 0.5) is 10.1 Å². The van der Waals surface area contributed by atoms with Crippen LogP contribution in [0.25, 0.3) is 0 Å². The average Bonchev–Trinajstić information content (AvgIpc) is 2.24. The van der Waals surface area contributed by atoms with Crippen molar-refractivity contribution in [1.29, 1.82) is 5.26 Å². The van der Waals surface area contributed by atoms with E-state index in [2.05, 4.69) is 11.9 Å². The van der Waals surface area contributed by atoms with Crippen LogP contribution in [0.3, 0.4) is 0 Å². The van der Waals surface area contributed by atoms with Crippen molar-refractivity contribution in [3.05, 3.63) is 42.2 Å². The first-order chi connectivity index (χ1) is 7.29. The van der Waals surface area contributed by atoms with Gasteiger partial charge in [0.15, 0.2) is 0 Å². The normalized spacial score (nSPS) is 9.33. The zero-order valence-electron chi connectivity index (χ0n) is 8.46. The third-order valence-electron chi connectivity index (χ3n) is 2.03. The Morgan fingerprint density at radius 2 is 2.33 bits per heavy atom. The molecule has 0 amide bonds. The lowest BCUT2D eigenvalue weighted by Crippen LogP contribution is -2.03. The minimum absolute atomic E-state index is 0.0797. The number of allylic oxidation sites excluding steroid dienone is 1. The predicted octanol–water partition coefficient (Wildman–Crippen LogP) is 3.08. The number of hydrogen-bond acceptors (Lipinski definition) is 2. The molecule has 1 N–H and O–H groups in total. The van der Waals surface area contributed by atoms with Crippen LogP contribution in [0, 0.1) is 17.1 Å². The van der Waals surface area contributed by atoms with E-state index in [0.717, 1.165) is 12.8 Å². The Balaban J connectivity index is 2.65. The second-order valence-corrected chi connectivity index (χ2v) is 3.13. The van der Waals surface area contributed by atoms with Crippen molar-refractivity contribution < 1.29 is 4.39 Å². The predicted molar refractivity (Wildman–Crippen MR) is 59.0 cm³/mol. The molecule has 0 atom stereocenters. The zero-order chi connectivity index (χ0) is 11.1. The highest BCUT2D eigenvalue weighted by molar-refractivity contribution is 5.57. The minimum atomic E-state index is -0.480. The number of halogens is 1. The van der Waals surface area contributed by atoms with E-state index in [1.165, 1.54) is 6.07 Å². The second-order valence-electron chi connectivity index (χ2n) is 3.13. The van der Waals surface area contributed by atoms with E-state index in [1.54, 1.807) is 12.1 Å². The fourth-order valence-corrected chi connectivity index (χ4v) is 1.25. The van der Waals surface area contributed by atoms with Gasteiger partial charge in [0, 0.05) is 6.54 Å². The first-order valence-corrected chi connectivity index (χ1v) is 4.83. The summed E-state index contributed by atoms with van der Waals surface area (Å²) in [5.41, 5.74) is 0.637. The van der Waals surface area contributed by atoms with Crippen LogP contribution in [-0.2, 0) is 0 Å². The minimum Gasteiger partial charge on any atom is -0.384 e. The highest BCUT2D eigenvalue weighted by Gasteiger charge is 2.05. The lowest BCUT2D eigenvalue weighted by Gasteiger charge is -2.07. The molecule has 0 unspecified atom stereocenters. The van der Waals surface area contributed by atoms with Gasteiger partial charge in [-0.05, 0) is 25.0 Å². The molecule has 0 heterocycles. The molecule has 2 nitrogen and oxygen atoms in total. The van der Waals surface area contributed by atoms with Crippen LogP contribution in [0.15, 0.2) is 30.9 Å². The Hall–Kier alpha value is -1.82. The summed E-state index contributed by atoms with van der Waals surface area (Å²) in [6.45, 7) is 4.33. The number of nitriles is 1. The number of benzene rings is 1. The van der Waals surface area contributed by atoms with Gasteiger partial charge in [-0.2, -0.15) is 5.26 Å². The molecule has 0 aliphatic rings. The SMILES string of the molecule is C=CCCCNc1cccc(F)c1C#N. The highest BCUT2D eigenvalue weighted by Crippen LogP contribution is 2.17. The summed E-state index contributed by atoms with van der Waals surface area (Å²) < 4.78 is 13.1. The smallest absolute Gasteiger partial charge is 0.143 e. The van der Waals surface area contributed by atoms with Gasteiger partial charge in [0.2, 0.25) is 0 Å². The molecule has 15 heavy (non-hydrogen) atoms. The van der Waals surface area contributed by atoms with Crippen LogP contribution in [0.1, 0.15) is 18.4 Å². The lowest BCUT2D eigenvalue weighted by molar-refractivity contribution is 0.624. The van der Waals surface area contributed by atoms with Crippen LogP contribution in [0.5, 0.6) is 0 Å². The van der Waals surface area contributed by atoms with Crippen molar-refractivity contribution in [2.45, 2.75) is 12.8 Å². The van der Waals surface area contributed by atoms with Crippen molar-refractivity contribution in [3.63, 3.8) is 0 Å². The van der Waals surface area contributed by atoms with Crippen LogP contribution in [-0.4, -0.2) is 6.54 Å². The summed E-state index contributed by atoms with van der Waals surface area (Å²) in [6, 6.07) is 6.43. The fourth-order valence-electron chi connectivity index (χ4n) is 1.25. The van der Waals surface area contributed by atoms with E-state index in [1.807, 2.05) is 12.1 Å². The molecule has 0 saturated carbocycles. The molecule has 0 fully saturated rings. The molecule has 1 aromatic rings. The van der Waals surface area contributed by atoms with E-state index in [4.69, 9.17) is 5.26 Å². The first-order valence-electron chi connectivity index (χ1n) is 4.83. The Kier molecular flexibility index (Phi) is 4.36. The Morgan fingerprint density at radius 1 is 1.53 bits per heavy atom. The molecule has 0 spiro atoms. The topological polar surface area (TPSA) is 35.8 Å². The number of nitrogens with one attached hydrogen (secondary N) is 1. The molecule has 3 heteroatoms. The Labute approximate surface area is 89.0 Å². The largest absolute Gasteiger partial charge is 0.384 e. The summed E-state index contributed by atoms with van der Waals surface area (Å²) >= 11 is 0. The second kappa shape index (κ2) is 5.82. The molecule has 0 aliphatic carbocycles. The third kappa shape index (κ3) is 3.10. The zero-order valence-corrected chi connectivity index (χ0v) is 8.46.